The third-order valence-corrected chi connectivity index (χ3v) is 5.65. The number of halogens is 1. The van der Waals surface area contributed by atoms with E-state index in [9.17, 15) is 9.18 Å². The number of aromatic nitrogens is 2. The third kappa shape index (κ3) is 2.71. The first-order valence-corrected chi connectivity index (χ1v) is 9.16. The van der Waals surface area contributed by atoms with Crippen LogP contribution in [0.15, 0.2) is 35.3 Å². The molecule has 0 spiro atoms. The van der Waals surface area contributed by atoms with Crippen LogP contribution in [0.2, 0.25) is 0 Å². The highest BCUT2D eigenvalue weighted by atomic mass is 32.2. The van der Waals surface area contributed by atoms with E-state index in [0.29, 0.717) is 10.0 Å². The number of hydrogen-bond acceptors (Lipinski definition) is 5. The summed E-state index contributed by atoms with van der Waals surface area (Å²) in [5, 5.41) is 8.94. The number of thioether (sulfide) groups is 1. The highest BCUT2D eigenvalue weighted by Crippen LogP contribution is 2.30. The predicted molar refractivity (Wildman–Crippen MR) is 95.9 cm³/mol. The molecule has 0 fully saturated rings. The van der Waals surface area contributed by atoms with Gasteiger partial charge in [0.2, 0.25) is 0 Å². The predicted octanol–water partition coefficient (Wildman–Crippen LogP) is 3.37. The van der Waals surface area contributed by atoms with Crippen molar-refractivity contribution in [2.45, 2.75) is 6.92 Å². The van der Waals surface area contributed by atoms with Gasteiger partial charge in [-0.25, -0.2) is 9.07 Å². The van der Waals surface area contributed by atoms with Crippen LogP contribution < -0.4 is 5.32 Å². The summed E-state index contributed by atoms with van der Waals surface area (Å²) in [5.41, 5.74) is 1.59. The Morgan fingerprint density at radius 2 is 2.12 bits per heavy atom. The molecule has 0 bridgehead atoms. The number of carbonyl (C=O) groups excluding carboxylic acids is 1. The summed E-state index contributed by atoms with van der Waals surface area (Å²) in [6.07, 6.45) is 0. The first kappa shape index (κ1) is 15.3. The van der Waals surface area contributed by atoms with Crippen LogP contribution >= 0.6 is 23.1 Å². The maximum atomic E-state index is 13.1. The fourth-order valence-corrected chi connectivity index (χ4v) is 4.29. The maximum absolute atomic E-state index is 13.1. The Bertz CT molecular complexity index is 959. The molecule has 1 aliphatic rings. The van der Waals surface area contributed by atoms with E-state index in [-0.39, 0.29) is 11.7 Å². The Hall–Kier alpha value is -2.19. The molecule has 1 aliphatic heterocycles. The molecule has 8 heteroatoms. The monoisotopic (exact) mass is 360 g/mol. The summed E-state index contributed by atoms with van der Waals surface area (Å²) in [4.78, 5) is 18.1. The van der Waals surface area contributed by atoms with Gasteiger partial charge in [0, 0.05) is 11.1 Å². The number of amidine groups is 1. The number of aliphatic imine (C=N–C) groups is 1. The topological polar surface area (TPSA) is 59.3 Å². The van der Waals surface area contributed by atoms with Gasteiger partial charge in [-0.2, -0.15) is 5.10 Å². The van der Waals surface area contributed by atoms with E-state index < -0.39 is 0 Å². The van der Waals surface area contributed by atoms with E-state index in [1.54, 1.807) is 28.6 Å². The molecule has 3 aromatic rings. The SMILES string of the molecule is Cc1nn(-c2ccc(F)cc2)c2sc(C(=O)NC3=NCCS3)cc12. The minimum Gasteiger partial charge on any atom is -0.301 e. The fourth-order valence-electron chi connectivity index (χ4n) is 2.49. The minimum absolute atomic E-state index is 0.158. The Morgan fingerprint density at radius 3 is 2.83 bits per heavy atom. The van der Waals surface area contributed by atoms with Gasteiger partial charge in [-0.3, -0.25) is 9.79 Å². The lowest BCUT2D eigenvalue weighted by Crippen LogP contribution is -2.26. The summed E-state index contributed by atoms with van der Waals surface area (Å²) in [5.74, 6) is 0.454. The molecule has 1 amide bonds. The largest absolute Gasteiger partial charge is 0.301 e. The van der Waals surface area contributed by atoms with Gasteiger partial charge in [0.25, 0.3) is 5.91 Å². The molecule has 1 aromatic carbocycles. The Balaban J connectivity index is 1.71. The van der Waals surface area contributed by atoms with Crippen LogP contribution in [0.5, 0.6) is 0 Å². The summed E-state index contributed by atoms with van der Waals surface area (Å²) < 4.78 is 14.9. The highest BCUT2D eigenvalue weighted by Gasteiger charge is 2.19. The van der Waals surface area contributed by atoms with Crippen LogP contribution in [0, 0.1) is 12.7 Å². The summed E-state index contributed by atoms with van der Waals surface area (Å²) in [6.45, 7) is 2.64. The second-order valence-electron chi connectivity index (χ2n) is 5.29. The standard InChI is InChI=1S/C16H13FN4OS2/c1-9-12-8-13(14(22)19-16-18-6-7-23-16)24-15(12)21(20-9)11-4-2-10(17)3-5-11/h2-5,8H,6-7H2,1H3,(H,18,19,22). The van der Waals surface area contributed by atoms with E-state index in [0.717, 1.165) is 33.9 Å². The lowest BCUT2D eigenvalue weighted by atomic mass is 10.3. The second kappa shape index (κ2) is 6.03. The number of nitrogens with one attached hydrogen (secondary N) is 1. The van der Waals surface area contributed by atoms with Crippen LogP contribution in [0.3, 0.4) is 0 Å². The maximum Gasteiger partial charge on any atom is 0.267 e. The van der Waals surface area contributed by atoms with Crippen molar-refractivity contribution >= 4 is 44.4 Å². The van der Waals surface area contributed by atoms with Gasteiger partial charge >= 0.3 is 0 Å². The number of aryl methyl sites for hydroxylation is 1. The van der Waals surface area contributed by atoms with E-state index in [4.69, 9.17) is 0 Å². The third-order valence-electron chi connectivity index (χ3n) is 3.65. The van der Waals surface area contributed by atoms with E-state index in [1.165, 1.54) is 23.5 Å². The van der Waals surface area contributed by atoms with E-state index in [1.807, 2.05) is 13.0 Å². The van der Waals surface area contributed by atoms with Gasteiger partial charge in [0.15, 0.2) is 5.17 Å². The number of thiophene rings is 1. The van der Waals surface area contributed by atoms with Gasteiger partial charge in [-0.1, -0.05) is 11.8 Å². The molecule has 2 aromatic heterocycles. The quantitative estimate of drug-likeness (QED) is 0.762. The molecule has 0 aliphatic carbocycles. The molecule has 1 N–H and O–H groups in total. The number of fused-ring (bicyclic) bond motifs is 1. The van der Waals surface area contributed by atoms with Gasteiger partial charge < -0.3 is 5.32 Å². The first-order valence-electron chi connectivity index (χ1n) is 7.35. The van der Waals surface area contributed by atoms with Gasteiger partial charge in [-0.15, -0.1) is 11.3 Å². The smallest absolute Gasteiger partial charge is 0.267 e. The Morgan fingerprint density at radius 1 is 1.33 bits per heavy atom. The molecule has 3 heterocycles. The Labute approximate surface area is 145 Å². The normalized spacial score (nSPS) is 14.2. The lowest BCUT2D eigenvalue weighted by molar-refractivity contribution is 0.0982. The van der Waals surface area contributed by atoms with Crippen LogP contribution in [0.1, 0.15) is 15.4 Å². The number of amides is 1. The molecule has 4 rings (SSSR count). The van der Waals surface area contributed by atoms with Crippen molar-refractivity contribution < 1.29 is 9.18 Å². The van der Waals surface area contributed by atoms with E-state index in [2.05, 4.69) is 15.4 Å². The van der Waals surface area contributed by atoms with Crippen LogP contribution in [-0.2, 0) is 0 Å². The van der Waals surface area contributed by atoms with Gasteiger partial charge in [0.05, 0.1) is 22.8 Å². The Kier molecular flexibility index (Phi) is 3.85. The molecular formula is C16H13FN4OS2. The molecule has 5 nitrogen and oxygen atoms in total. The first-order chi connectivity index (χ1) is 11.6. The number of hydrogen-bond donors (Lipinski definition) is 1. The second-order valence-corrected chi connectivity index (χ2v) is 7.41. The van der Waals surface area contributed by atoms with Crippen molar-refractivity contribution in [1.82, 2.24) is 15.1 Å². The number of rotatable bonds is 2. The lowest BCUT2D eigenvalue weighted by Gasteiger charge is -2.02. The van der Waals surface area contributed by atoms with Crippen LogP contribution in [0.4, 0.5) is 4.39 Å². The molecule has 122 valence electrons. The van der Waals surface area contributed by atoms with Crippen molar-refractivity contribution in [3.63, 3.8) is 0 Å². The van der Waals surface area contributed by atoms with Crippen molar-refractivity contribution in [1.29, 1.82) is 0 Å². The summed E-state index contributed by atoms with van der Waals surface area (Å²) in [6, 6.07) is 7.98. The summed E-state index contributed by atoms with van der Waals surface area (Å²) in [7, 11) is 0. The van der Waals surface area contributed by atoms with Crippen molar-refractivity contribution in [2.75, 3.05) is 12.3 Å². The zero-order valence-electron chi connectivity index (χ0n) is 12.7. The zero-order chi connectivity index (χ0) is 16.7. The zero-order valence-corrected chi connectivity index (χ0v) is 14.4. The van der Waals surface area contributed by atoms with Crippen LogP contribution in [0.25, 0.3) is 15.9 Å². The van der Waals surface area contributed by atoms with Crippen LogP contribution in [-0.4, -0.2) is 33.2 Å². The average Bonchev–Trinajstić information content (AvgIpc) is 3.27. The molecule has 0 saturated heterocycles. The molecule has 24 heavy (non-hydrogen) atoms. The number of carbonyl (C=O) groups is 1. The number of nitrogens with zero attached hydrogens (tertiary/aromatic N) is 3. The van der Waals surface area contributed by atoms with Crippen molar-refractivity contribution in [2.24, 2.45) is 4.99 Å². The highest BCUT2D eigenvalue weighted by molar-refractivity contribution is 8.14. The molecule has 0 atom stereocenters. The molecule has 0 radical (unpaired) electrons. The van der Waals surface area contributed by atoms with Gasteiger partial charge in [0.1, 0.15) is 10.6 Å². The minimum atomic E-state index is -0.292. The van der Waals surface area contributed by atoms with Gasteiger partial charge in [-0.05, 0) is 37.3 Å². The fraction of sp³-hybridized carbons (Fsp3) is 0.188. The van der Waals surface area contributed by atoms with Crippen molar-refractivity contribution in [3.05, 3.63) is 46.7 Å². The average molecular weight is 360 g/mol. The summed E-state index contributed by atoms with van der Waals surface area (Å²) >= 11 is 2.91. The van der Waals surface area contributed by atoms with E-state index >= 15 is 0 Å². The molecule has 0 saturated carbocycles. The van der Waals surface area contributed by atoms with Crippen molar-refractivity contribution in [3.8, 4) is 5.69 Å². The molecule has 0 unspecified atom stereocenters. The number of benzene rings is 1. The molecular weight excluding hydrogens is 347 g/mol.